The minimum atomic E-state index is -0.889. The van der Waals surface area contributed by atoms with Crippen LogP contribution in [0.5, 0.6) is 0 Å². The average molecular weight is 230 g/mol. The Hall–Kier alpha value is -1.24. The lowest BCUT2D eigenvalue weighted by Gasteiger charge is -2.05. The predicted octanol–water partition coefficient (Wildman–Crippen LogP) is 0.510. The monoisotopic (exact) mass is 230 g/mol. The Morgan fingerprint density at radius 2 is 2.33 bits per heavy atom. The van der Waals surface area contributed by atoms with E-state index in [-0.39, 0.29) is 0 Å². The maximum absolute atomic E-state index is 10.6. The molecule has 1 atom stereocenters. The normalized spacial score (nSPS) is 12.7. The topological polar surface area (TPSA) is 94.0 Å². The van der Waals surface area contributed by atoms with Crippen molar-refractivity contribution in [1.29, 1.82) is 0 Å². The first-order valence-electron chi connectivity index (χ1n) is 4.65. The summed E-state index contributed by atoms with van der Waals surface area (Å²) in [5, 5.41) is 16.3. The van der Waals surface area contributed by atoms with Gasteiger partial charge in [-0.05, 0) is 13.3 Å². The lowest BCUT2D eigenvalue weighted by Crippen LogP contribution is -2.17. The van der Waals surface area contributed by atoms with Crippen molar-refractivity contribution in [3.63, 3.8) is 0 Å². The van der Waals surface area contributed by atoms with E-state index < -0.39 is 11.2 Å². The molecule has 1 unspecified atom stereocenters. The summed E-state index contributed by atoms with van der Waals surface area (Å²) in [7, 11) is 0. The molecule has 0 aliphatic heterocycles. The van der Waals surface area contributed by atoms with Crippen LogP contribution in [0.1, 0.15) is 26.1 Å². The molecule has 0 amide bonds. The van der Waals surface area contributed by atoms with Crippen LogP contribution in [-0.4, -0.2) is 31.2 Å². The molecule has 1 heterocycles. The zero-order valence-electron chi connectivity index (χ0n) is 8.67. The van der Waals surface area contributed by atoms with Crippen LogP contribution in [0.3, 0.4) is 0 Å². The smallest absolute Gasteiger partial charge is 0.316 e. The van der Waals surface area contributed by atoms with E-state index in [1.807, 2.05) is 6.92 Å². The third-order valence-corrected chi connectivity index (χ3v) is 2.88. The molecular weight excluding hydrogens is 216 g/mol. The van der Waals surface area contributed by atoms with Gasteiger partial charge in [0.15, 0.2) is 5.82 Å². The molecule has 1 rings (SSSR count). The van der Waals surface area contributed by atoms with Gasteiger partial charge in [-0.2, -0.15) is 0 Å². The van der Waals surface area contributed by atoms with Gasteiger partial charge in [-0.15, -0.1) is 10.2 Å². The summed E-state index contributed by atoms with van der Waals surface area (Å²) >= 11 is 1.09. The lowest BCUT2D eigenvalue weighted by atomic mass is 10.3. The molecule has 0 saturated carbocycles. The highest BCUT2D eigenvalue weighted by atomic mass is 32.2. The van der Waals surface area contributed by atoms with Crippen LogP contribution in [-0.2, 0) is 11.2 Å². The molecule has 0 aliphatic rings. The van der Waals surface area contributed by atoms with Gasteiger partial charge in [-0.1, -0.05) is 18.7 Å². The van der Waals surface area contributed by atoms with Gasteiger partial charge < -0.3 is 10.9 Å². The van der Waals surface area contributed by atoms with Crippen LogP contribution >= 0.6 is 11.8 Å². The number of rotatable bonds is 5. The van der Waals surface area contributed by atoms with E-state index in [4.69, 9.17) is 10.9 Å². The van der Waals surface area contributed by atoms with Gasteiger partial charge in [0.1, 0.15) is 5.25 Å². The molecule has 3 N–H and O–H groups in total. The van der Waals surface area contributed by atoms with Crippen molar-refractivity contribution >= 4 is 17.7 Å². The summed E-state index contributed by atoms with van der Waals surface area (Å²) in [6, 6.07) is 0. The standard InChI is InChI=1S/C8H14N4O2S/c1-3-4-6-10-11-8(12(6)9)15-5(2)7(13)14/h5H,3-4,9H2,1-2H3,(H,13,14). The van der Waals surface area contributed by atoms with Gasteiger partial charge in [-0.3, -0.25) is 4.79 Å². The molecule has 0 radical (unpaired) electrons. The Labute approximate surface area is 91.8 Å². The van der Waals surface area contributed by atoms with Crippen molar-refractivity contribution in [2.75, 3.05) is 5.84 Å². The van der Waals surface area contributed by atoms with Gasteiger partial charge in [0.25, 0.3) is 0 Å². The second-order valence-electron chi connectivity index (χ2n) is 3.12. The number of aromatic nitrogens is 3. The molecular formula is C8H14N4O2S. The van der Waals surface area contributed by atoms with Crippen molar-refractivity contribution in [1.82, 2.24) is 14.9 Å². The molecule has 0 aliphatic carbocycles. The number of thioether (sulfide) groups is 1. The third-order valence-electron chi connectivity index (χ3n) is 1.84. The second kappa shape index (κ2) is 5.01. The molecule has 1 aromatic heterocycles. The molecule has 0 fully saturated rings. The van der Waals surface area contributed by atoms with Gasteiger partial charge in [-0.25, -0.2) is 4.68 Å². The Kier molecular flexibility index (Phi) is 3.96. The number of nitrogens with two attached hydrogens (primary N) is 1. The van der Waals surface area contributed by atoms with E-state index in [0.717, 1.165) is 24.6 Å². The van der Waals surface area contributed by atoms with Crippen LogP contribution in [0.4, 0.5) is 0 Å². The highest BCUT2D eigenvalue weighted by Crippen LogP contribution is 2.20. The molecule has 1 aromatic rings. The summed E-state index contributed by atoms with van der Waals surface area (Å²) in [6.45, 7) is 3.60. The summed E-state index contributed by atoms with van der Waals surface area (Å²) < 4.78 is 1.35. The fourth-order valence-corrected chi connectivity index (χ4v) is 1.71. The number of hydrogen-bond acceptors (Lipinski definition) is 5. The van der Waals surface area contributed by atoms with E-state index in [1.165, 1.54) is 4.68 Å². The predicted molar refractivity (Wildman–Crippen MR) is 57.1 cm³/mol. The largest absolute Gasteiger partial charge is 0.480 e. The van der Waals surface area contributed by atoms with E-state index in [2.05, 4.69) is 10.2 Å². The number of aryl methyl sites for hydroxylation is 1. The molecule has 7 heteroatoms. The minimum absolute atomic E-state index is 0.438. The van der Waals surface area contributed by atoms with Crippen LogP contribution < -0.4 is 5.84 Å². The van der Waals surface area contributed by atoms with Gasteiger partial charge in [0, 0.05) is 6.42 Å². The summed E-state index contributed by atoms with van der Waals surface area (Å²) in [5.74, 6) is 5.51. The highest BCUT2D eigenvalue weighted by Gasteiger charge is 2.17. The molecule has 84 valence electrons. The van der Waals surface area contributed by atoms with Gasteiger partial charge >= 0.3 is 5.97 Å². The Morgan fingerprint density at radius 3 is 2.87 bits per heavy atom. The number of carbonyl (C=O) groups is 1. The first-order chi connectivity index (χ1) is 7.06. The average Bonchev–Trinajstić information content (AvgIpc) is 2.50. The fraction of sp³-hybridized carbons (Fsp3) is 0.625. The quantitative estimate of drug-likeness (QED) is 0.565. The maximum Gasteiger partial charge on any atom is 0.316 e. The van der Waals surface area contributed by atoms with Crippen molar-refractivity contribution in [3.8, 4) is 0 Å². The number of nitrogens with zero attached hydrogens (tertiary/aromatic N) is 3. The van der Waals surface area contributed by atoms with Crippen molar-refractivity contribution in [2.45, 2.75) is 37.1 Å². The van der Waals surface area contributed by atoms with Gasteiger partial charge in [0.05, 0.1) is 0 Å². The Bertz CT molecular complexity index is 352. The minimum Gasteiger partial charge on any atom is -0.480 e. The summed E-state index contributed by atoms with van der Waals surface area (Å²) in [4.78, 5) is 10.6. The zero-order chi connectivity index (χ0) is 11.4. The SMILES string of the molecule is CCCc1nnc(SC(C)C(=O)O)n1N. The first kappa shape index (κ1) is 11.8. The summed E-state index contributed by atoms with van der Waals surface area (Å²) in [5.41, 5.74) is 0. The summed E-state index contributed by atoms with van der Waals surface area (Å²) in [6.07, 6.45) is 1.67. The Morgan fingerprint density at radius 1 is 1.67 bits per heavy atom. The van der Waals surface area contributed by atoms with Crippen LogP contribution in [0.25, 0.3) is 0 Å². The fourth-order valence-electron chi connectivity index (χ4n) is 0.990. The number of carboxylic acid groups (broad SMARTS) is 1. The second-order valence-corrected chi connectivity index (χ2v) is 4.43. The van der Waals surface area contributed by atoms with Crippen LogP contribution in [0.2, 0.25) is 0 Å². The molecule has 0 bridgehead atoms. The molecule has 0 saturated heterocycles. The number of nitrogen functional groups attached to an aromatic ring is 1. The molecule has 15 heavy (non-hydrogen) atoms. The van der Waals surface area contributed by atoms with Crippen molar-refractivity contribution in [2.24, 2.45) is 0 Å². The lowest BCUT2D eigenvalue weighted by molar-refractivity contribution is -0.136. The van der Waals surface area contributed by atoms with E-state index >= 15 is 0 Å². The van der Waals surface area contributed by atoms with Crippen molar-refractivity contribution < 1.29 is 9.90 Å². The van der Waals surface area contributed by atoms with Crippen molar-refractivity contribution in [3.05, 3.63) is 5.82 Å². The number of hydrogen-bond donors (Lipinski definition) is 2. The third kappa shape index (κ3) is 2.85. The number of aliphatic carboxylic acids is 1. The van der Waals surface area contributed by atoms with E-state index in [1.54, 1.807) is 6.92 Å². The molecule has 6 nitrogen and oxygen atoms in total. The number of carboxylic acids is 1. The first-order valence-corrected chi connectivity index (χ1v) is 5.53. The van der Waals surface area contributed by atoms with Gasteiger partial charge in [0.2, 0.25) is 5.16 Å². The van der Waals surface area contributed by atoms with E-state index in [9.17, 15) is 4.79 Å². The van der Waals surface area contributed by atoms with E-state index in [0.29, 0.717) is 11.0 Å². The molecule has 0 spiro atoms. The van der Waals surface area contributed by atoms with Crippen LogP contribution in [0, 0.1) is 0 Å². The Balaban J connectivity index is 2.74. The maximum atomic E-state index is 10.6. The molecule has 0 aromatic carbocycles. The zero-order valence-corrected chi connectivity index (χ0v) is 9.49. The van der Waals surface area contributed by atoms with Crippen LogP contribution in [0.15, 0.2) is 5.16 Å². The highest BCUT2D eigenvalue weighted by molar-refractivity contribution is 8.00.